The molecule has 0 aliphatic rings. The summed E-state index contributed by atoms with van der Waals surface area (Å²) in [4.78, 5) is 0. The first-order valence-corrected chi connectivity index (χ1v) is 5.50. The van der Waals surface area contributed by atoms with Crippen molar-refractivity contribution in [3.8, 4) is 11.4 Å². The molecule has 1 aromatic heterocycles. The molecular formula is C12H13ClN2O2. The topological polar surface area (TPSA) is 36.3 Å². The van der Waals surface area contributed by atoms with E-state index in [1.165, 1.54) is 0 Å². The van der Waals surface area contributed by atoms with Gasteiger partial charge in [-0.15, -0.1) is 0 Å². The Hall–Kier alpha value is -1.52. The molecule has 1 aromatic carbocycles. The van der Waals surface area contributed by atoms with Crippen molar-refractivity contribution in [1.29, 1.82) is 0 Å². The highest BCUT2D eigenvalue weighted by atomic mass is 35.5. The maximum absolute atomic E-state index is 6.10. The van der Waals surface area contributed by atoms with Gasteiger partial charge in [-0.2, -0.15) is 5.10 Å². The standard InChI is InChI=1S/C12H13ClN2O2/c1-16-8-9-7-12(13)15(14-9)10-3-5-11(17-2)6-4-10/h3-7H,8H2,1-2H3. The Morgan fingerprint density at radius 2 is 1.94 bits per heavy atom. The molecule has 0 saturated heterocycles. The van der Waals surface area contributed by atoms with Gasteiger partial charge in [-0.3, -0.25) is 0 Å². The average molecular weight is 253 g/mol. The van der Waals surface area contributed by atoms with Gasteiger partial charge in [0.15, 0.2) is 0 Å². The highest BCUT2D eigenvalue weighted by molar-refractivity contribution is 6.29. The lowest BCUT2D eigenvalue weighted by molar-refractivity contribution is 0.181. The molecular weight excluding hydrogens is 240 g/mol. The van der Waals surface area contributed by atoms with E-state index in [0.717, 1.165) is 17.1 Å². The fourth-order valence-corrected chi connectivity index (χ4v) is 1.79. The summed E-state index contributed by atoms with van der Waals surface area (Å²) in [6, 6.07) is 9.31. The van der Waals surface area contributed by atoms with Crippen molar-refractivity contribution in [2.24, 2.45) is 0 Å². The van der Waals surface area contributed by atoms with Gasteiger partial charge >= 0.3 is 0 Å². The molecule has 0 radical (unpaired) electrons. The van der Waals surface area contributed by atoms with Crippen LogP contribution in [0.3, 0.4) is 0 Å². The van der Waals surface area contributed by atoms with Gasteiger partial charge in [-0.1, -0.05) is 11.6 Å². The summed E-state index contributed by atoms with van der Waals surface area (Å²) in [6.07, 6.45) is 0. The number of hydrogen-bond acceptors (Lipinski definition) is 3. The second kappa shape index (κ2) is 5.21. The van der Waals surface area contributed by atoms with Crippen LogP contribution in [0.2, 0.25) is 5.15 Å². The molecule has 17 heavy (non-hydrogen) atoms. The predicted octanol–water partition coefficient (Wildman–Crippen LogP) is 2.68. The van der Waals surface area contributed by atoms with Gasteiger partial charge in [0.25, 0.3) is 0 Å². The van der Waals surface area contributed by atoms with Crippen LogP contribution in [0.1, 0.15) is 5.69 Å². The summed E-state index contributed by atoms with van der Waals surface area (Å²) in [7, 11) is 3.26. The lowest BCUT2D eigenvalue weighted by atomic mass is 10.3. The van der Waals surface area contributed by atoms with E-state index in [4.69, 9.17) is 21.1 Å². The lowest BCUT2D eigenvalue weighted by Gasteiger charge is -2.04. The Balaban J connectivity index is 2.31. The van der Waals surface area contributed by atoms with Gasteiger partial charge in [0.2, 0.25) is 0 Å². The van der Waals surface area contributed by atoms with Crippen molar-refractivity contribution in [3.05, 3.63) is 41.2 Å². The summed E-state index contributed by atoms with van der Waals surface area (Å²) in [5, 5.41) is 4.90. The van der Waals surface area contributed by atoms with E-state index < -0.39 is 0 Å². The van der Waals surface area contributed by atoms with Crippen molar-refractivity contribution >= 4 is 11.6 Å². The van der Waals surface area contributed by atoms with Gasteiger partial charge in [-0.25, -0.2) is 4.68 Å². The predicted molar refractivity (Wildman–Crippen MR) is 65.8 cm³/mol. The summed E-state index contributed by atoms with van der Waals surface area (Å²) < 4.78 is 11.8. The zero-order chi connectivity index (χ0) is 12.3. The van der Waals surface area contributed by atoms with Crippen LogP contribution < -0.4 is 4.74 Å². The molecule has 2 rings (SSSR count). The number of rotatable bonds is 4. The lowest BCUT2D eigenvalue weighted by Crippen LogP contribution is -1.98. The molecule has 0 amide bonds. The minimum Gasteiger partial charge on any atom is -0.497 e. The minimum atomic E-state index is 0.447. The third-order valence-corrected chi connectivity index (χ3v) is 2.59. The fourth-order valence-electron chi connectivity index (χ4n) is 1.53. The second-order valence-electron chi connectivity index (χ2n) is 3.50. The number of halogens is 1. The van der Waals surface area contributed by atoms with Gasteiger partial charge in [0.05, 0.1) is 25.1 Å². The van der Waals surface area contributed by atoms with Gasteiger partial charge in [-0.05, 0) is 24.3 Å². The van der Waals surface area contributed by atoms with Crippen LogP contribution in [0.25, 0.3) is 5.69 Å². The van der Waals surface area contributed by atoms with E-state index in [2.05, 4.69) is 5.10 Å². The Kier molecular flexibility index (Phi) is 3.66. The van der Waals surface area contributed by atoms with Crippen LogP contribution >= 0.6 is 11.6 Å². The Morgan fingerprint density at radius 3 is 2.53 bits per heavy atom. The maximum Gasteiger partial charge on any atom is 0.133 e. The van der Waals surface area contributed by atoms with Gasteiger partial charge in [0.1, 0.15) is 10.9 Å². The number of nitrogens with zero attached hydrogens (tertiary/aromatic N) is 2. The van der Waals surface area contributed by atoms with Gasteiger partial charge < -0.3 is 9.47 Å². The normalized spacial score (nSPS) is 10.5. The Labute approximate surface area is 105 Å². The molecule has 1 heterocycles. The molecule has 0 spiro atoms. The number of ether oxygens (including phenoxy) is 2. The number of hydrogen-bond donors (Lipinski definition) is 0. The van der Waals surface area contributed by atoms with E-state index in [1.54, 1.807) is 25.0 Å². The minimum absolute atomic E-state index is 0.447. The molecule has 4 nitrogen and oxygen atoms in total. The monoisotopic (exact) mass is 252 g/mol. The first-order chi connectivity index (χ1) is 8.24. The zero-order valence-corrected chi connectivity index (χ0v) is 10.4. The molecule has 0 unspecified atom stereocenters. The Bertz CT molecular complexity index is 494. The van der Waals surface area contributed by atoms with Crippen LogP contribution in [-0.4, -0.2) is 24.0 Å². The van der Waals surface area contributed by atoms with Crippen LogP contribution in [-0.2, 0) is 11.3 Å². The highest BCUT2D eigenvalue weighted by Gasteiger charge is 2.07. The third-order valence-electron chi connectivity index (χ3n) is 2.33. The first kappa shape index (κ1) is 12.0. The molecule has 0 saturated carbocycles. The quantitative estimate of drug-likeness (QED) is 0.839. The van der Waals surface area contributed by atoms with Crippen molar-refractivity contribution in [2.75, 3.05) is 14.2 Å². The Morgan fingerprint density at radius 1 is 1.24 bits per heavy atom. The fraction of sp³-hybridized carbons (Fsp3) is 0.250. The number of methoxy groups -OCH3 is 2. The van der Waals surface area contributed by atoms with Crippen LogP contribution in [0.15, 0.2) is 30.3 Å². The second-order valence-corrected chi connectivity index (χ2v) is 3.89. The summed E-state index contributed by atoms with van der Waals surface area (Å²) in [5.41, 5.74) is 1.69. The smallest absolute Gasteiger partial charge is 0.133 e. The van der Waals surface area contributed by atoms with Crippen molar-refractivity contribution in [1.82, 2.24) is 9.78 Å². The van der Waals surface area contributed by atoms with Crippen molar-refractivity contribution < 1.29 is 9.47 Å². The maximum atomic E-state index is 6.10. The van der Waals surface area contributed by atoms with Crippen LogP contribution in [0.5, 0.6) is 5.75 Å². The molecule has 0 atom stereocenters. The highest BCUT2D eigenvalue weighted by Crippen LogP contribution is 2.20. The first-order valence-electron chi connectivity index (χ1n) is 5.12. The third kappa shape index (κ3) is 2.60. The summed E-state index contributed by atoms with van der Waals surface area (Å²) in [6.45, 7) is 0.447. The van der Waals surface area contributed by atoms with Crippen molar-refractivity contribution in [3.63, 3.8) is 0 Å². The molecule has 2 aromatic rings. The van der Waals surface area contributed by atoms with Gasteiger partial charge in [0, 0.05) is 13.2 Å². The van der Waals surface area contributed by atoms with Crippen molar-refractivity contribution in [2.45, 2.75) is 6.61 Å². The summed E-state index contributed by atoms with van der Waals surface area (Å²) in [5.74, 6) is 0.800. The molecule has 90 valence electrons. The van der Waals surface area contributed by atoms with E-state index in [0.29, 0.717) is 11.8 Å². The van der Waals surface area contributed by atoms with Crippen LogP contribution in [0, 0.1) is 0 Å². The van der Waals surface area contributed by atoms with E-state index in [9.17, 15) is 0 Å². The molecule has 0 aliphatic carbocycles. The molecule has 5 heteroatoms. The zero-order valence-electron chi connectivity index (χ0n) is 9.68. The molecule has 0 bridgehead atoms. The molecule has 0 aliphatic heterocycles. The van der Waals surface area contributed by atoms with E-state index >= 15 is 0 Å². The number of aromatic nitrogens is 2. The SMILES string of the molecule is COCc1cc(Cl)n(-c2ccc(OC)cc2)n1. The molecule has 0 fully saturated rings. The van der Waals surface area contributed by atoms with E-state index in [1.807, 2.05) is 24.3 Å². The average Bonchev–Trinajstić information content (AvgIpc) is 2.71. The summed E-state index contributed by atoms with van der Waals surface area (Å²) >= 11 is 6.10. The largest absolute Gasteiger partial charge is 0.497 e. The number of benzene rings is 1. The molecule has 0 N–H and O–H groups in total. The van der Waals surface area contributed by atoms with Crippen LogP contribution in [0.4, 0.5) is 0 Å². The van der Waals surface area contributed by atoms with E-state index in [-0.39, 0.29) is 0 Å².